The predicted molar refractivity (Wildman–Crippen MR) is 57.1 cm³/mol. The van der Waals surface area contributed by atoms with Gasteiger partial charge in [-0.15, -0.1) is 0 Å². The summed E-state index contributed by atoms with van der Waals surface area (Å²) in [5.41, 5.74) is 5.35. The quantitative estimate of drug-likeness (QED) is 0.470. The molecule has 5 nitrogen and oxygen atoms in total. The van der Waals surface area contributed by atoms with Crippen molar-refractivity contribution in [3.63, 3.8) is 0 Å². The van der Waals surface area contributed by atoms with Crippen LogP contribution in [0.5, 0.6) is 0 Å². The van der Waals surface area contributed by atoms with Crippen LogP contribution < -0.4 is 11.1 Å². The number of hydrogen-bond donors (Lipinski definition) is 2. The largest absolute Gasteiger partial charge is 0.466 e. The van der Waals surface area contributed by atoms with Gasteiger partial charge < -0.3 is 15.8 Å². The highest BCUT2D eigenvalue weighted by molar-refractivity contribution is 5.80. The summed E-state index contributed by atoms with van der Waals surface area (Å²) in [6.07, 6.45) is 1.89. The van der Waals surface area contributed by atoms with Gasteiger partial charge in [-0.2, -0.15) is 0 Å². The van der Waals surface area contributed by atoms with E-state index in [1.54, 1.807) is 13.8 Å². The lowest BCUT2D eigenvalue weighted by Crippen LogP contribution is -2.38. The molecule has 0 aliphatic heterocycles. The van der Waals surface area contributed by atoms with E-state index in [2.05, 4.69) is 5.32 Å². The van der Waals surface area contributed by atoms with Gasteiger partial charge in [-0.3, -0.25) is 9.59 Å². The normalized spacial score (nSPS) is 11.9. The van der Waals surface area contributed by atoms with Gasteiger partial charge in [0, 0.05) is 13.0 Å². The lowest BCUT2D eigenvalue weighted by molar-refractivity contribution is -0.143. The van der Waals surface area contributed by atoms with E-state index in [4.69, 9.17) is 10.5 Å². The van der Waals surface area contributed by atoms with Crippen LogP contribution in [0.15, 0.2) is 0 Å². The summed E-state index contributed by atoms with van der Waals surface area (Å²) >= 11 is 0. The number of ether oxygens (including phenoxy) is 1. The summed E-state index contributed by atoms with van der Waals surface area (Å²) in [6.45, 7) is 4.38. The van der Waals surface area contributed by atoms with Crippen molar-refractivity contribution in [3.05, 3.63) is 0 Å². The molecule has 0 aromatic carbocycles. The molecule has 0 rings (SSSR count). The third-order valence-corrected chi connectivity index (χ3v) is 1.83. The van der Waals surface area contributed by atoms with E-state index >= 15 is 0 Å². The van der Waals surface area contributed by atoms with Gasteiger partial charge in [0.25, 0.3) is 0 Å². The SMILES string of the molecule is CCOC(=O)CCCCNC(=O)C(C)N. The number of carbonyl (C=O) groups excluding carboxylic acids is 2. The first-order chi connectivity index (χ1) is 7.07. The van der Waals surface area contributed by atoms with Crippen molar-refractivity contribution in [2.75, 3.05) is 13.2 Å². The summed E-state index contributed by atoms with van der Waals surface area (Å²) in [4.78, 5) is 21.9. The highest BCUT2D eigenvalue weighted by Gasteiger charge is 2.05. The Morgan fingerprint density at radius 2 is 2.07 bits per heavy atom. The van der Waals surface area contributed by atoms with Gasteiger partial charge in [0.05, 0.1) is 12.6 Å². The monoisotopic (exact) mass is 216 g/mol. The molecule has 0 heterocycles. The van der Waals surface area contributed by atoms with Crippen molar-refractivity contribution in [2.45, 2.75) is 39.2 Å². The minimum absolute atomic E-state index is 0.161. The number of rotatable bonds is 7. The molecule has 0 aromatic rings. The zero-order valence-electron chi connectivity index (χ0n) is 9.41. The maximum absolute atomic E-state index is 11.0. The van der Waals surface area contributed by atoms with E-state index in [9.17, 15) is 9.59 Å². The van der Waals surface area contributed by atoms with Crippen LogP contribution >= 0.6 is 0 Å². The Balaban J connectivity index is 3.32. The van der Waals surface area contributed by atoms with Gasteiger partial charge in [0.2, 0.25) is 5.91 Å². The predicted octanol–water partition coefficient (Wildman–Crippen LogP) is 0.183. The average molecular weight is 216 g/mol. The second-order valence-electron chi connectivity index (χ2n) is 3.34. The fraction of sp³-hybridized carbons (Fsp3) is 0.800. The van der Waals surface area contributed by atoms with Crippen molar-refractivity contribution < 1.29 is 14.3 Å². The van der Waals surface area contributed by atoms with Gasteiger partial charge in [0.15, 0.2) is 0 Å². The summed E-state index contributed by atoms with van der Waals surface area (Å²) in [7, 11) is 0. The van der Waals surface area contributed by atoms with Crippen molar-refractivity contribution in [3.8, 4) is 0 Å². The summed E-state index contributed by atoms with van der Waals surface area (Å²) < 4.78 is 4.76. The molecule has 15 heavy (non-hydrogen) atoms. The fourth-order valence-electron chi connectivity index (χ4n) is 1.00. The summed E-state index contributed by atoms with van der Waals surface area (Å²) in [5, 5.41) is 2.67. The van der Waals surface area contributed by atoms with Crippen LogP contribution in [0.1, 0.15) is 33.1 Å². The Labute approximate surface area is 90.4 Å². The number of nitrogens with one attached hydrogen (secondary N) is 1. The Hall–Kier alpha value is -1.10. The van der Waals surface area contributed by atoms with E-state index in [0.29, 0.717) is 19.6 Å². The minimum atomic E-state index is -0.477. The second kappa shape index (κ2) is 8.23. The molecule has 1 unspecified atom stereocenters. The van der Waals surface area contributed by atoms with Gasteiger partial charge in [-0.05, 0) is 26.7 Å². The number of nitrogens with two attached hydrogens (primary N) is 1. The van der Waals surface area contributed by atoms with Gasteiger partial charge in [0.1, 0.15) is 0 Å². The molecule has 0 bridgehead atoms. The van der Waals surface area contributed by atoms with Crippen LogP contribution in [0.2, 0.25) is 0 Å². The van der Waals surface area contributed by atoms with Crippen LogP contribution in [0.25, 0.3) is 0 Å². The Morgan fingerprint density at radius 3 is 2.60 bits per heavy atom. The zero-order valence-corrected chi connectivity index (χ0v) is 9.41. The van der Waals surface area contributed by atoms with Crippen LogP contribution in [-0.2, 0) is 14.3 Å². The van der Waals surface area contributed by atoms with Crippen LogP contribution in [0.3, 0.4) is 0 Å². The molecule has 1 amide bonds. The minimum Gasteiger partial charge on any atom is -0.466 e. The first-order valence-corrected chi connectivity index (χ1v) is 5.26. The highest BCUT2D eigenvalue weighted by Crippen LogP contribution is 1.96. The topological polar surface area (TPSA) is 81.4 Å². The van der Waals surface area contributed by atoms with Crippen LogP contribution in [0, 0.1) is 0 Å². The fourth-order valence-corrected chi connectivity index (χ4v) is 1.00. The smallest absolute Gasteiger partial charge is 0.305 e. The zero-order chi connectivity index (χ0) is 11.7. The average Bonchev–Trinajstić information content (AvgIpc) is 2.17. The molecule has 0 spiro atoms. The highest BCUT2D eigenvalue weighted by atomic mass is 16.5. The number of hydrogen-bond acceptors (Lipinski definition) is 4. The molecule has 0 fully saturated rings. The Kier molecular flexibility index (Phi) is 7.62. The molecule has 0 aliphatic carbocycles. The van der Waals surface area contributed by atoms with Gasteiger partial charge >= 0.3 is 5.97 Å². The van der Waals surface area contributed by atoms with Crippen molar-refractivity contribution >= 4 is 11.9 Å². The second-order valence-corrected chi connectivity index (χ2v) is 3.34. The molecule has 0 aliphatic rings. The van der Waals surface area contributed by atoms with Gasteiger partial charge in [-0.1, -0.05) is 0 Å². The first kappa shape index (κ1) is 13.9. The van der Waals surface area contributed by atoms with E-state index in [0.717, 1.165) is 12.8 Å². The molecule has 0 radical (unpaired) electrons. The summed E-state index contributed by atoms with van der Waals surface area (Å²) in [6, 6.07) is -0.477. The molecular weight excluding hydrogens is 196 g/mol. The van der Waals surface area contributed by atoms with Crippen molar-refractivity contribution in [1.29, 1.82) is 0 Å². The Bertz CT molecular complexity index is 205. The maximum atomic E-state index is 11.0. The standard InChI is InChI=1S/C10H20N2O3/c1-3-15-9(13)6-4-5-7-12-10(14)8(2)11/h8H,3-7,11H2,1-2H3,(H,12,14). The van der Waals surface area contributed by atoms with Gasteiger partial charge in [-0.25, -0.2) is 0 Å². The molecule has 0 aromatic heterocycles. The number of esters is 1. The molecule has 88 valence electrons. The van der Waals surface area contributed by atoms with Crippen LogP contribution in [0.4, 0.5) is 0 Å². The number of amides is 1. The Morgan fingerprint density at radius 1 is 1.40 bits per heavy atom. The van der Waals surface area contributed by atoms with E-state index in [1.165, 1.54) is 0 Å². The van der Waals surface area contributed by atoms with Crippen molar-refractivity contribution in [1.82, 2.24) is 5.32 Å². The van der Waals surface area contributed by atoms with E-state index in [-0.39, 0.29) is 11.9 Å². The maximum Gasteiger partial charge on any atom is 0.305 e. The van der Waals surface area contributed by atoms with E-state index in [1.807, 2.05) is 0 Å². The molecular formula is C10H20N2O3. The molecule has 3 N–H and O–H groups in total. The number of carbonyl (C=O) groups is 2. The summed E-state index contributed by atoms with van der Waals surface area (Å²) in [5.74, 6) is -0.345. The lowest BCUT2D eigenvalue weighted by Gasteiger charge is -2.07. The third kappa shape index (κ3) is 7.93. The molecule has 0 saturated carbocycles. The molecule has 1 atom stereocenters. The van der Waals surface area contributed by atoms with Crippen molar-refractivity contribution in [2.24, 2.45) is 5.73 Å². The van der Waals surface area contributed by atoms with Crippen LogP contribution in [-0.4, -0.2) is 31.1 Å². The molecule has 5 heteroatoms. The lowest BCUT2D eigenvalue weighted by atomic mass is 10.2. The molecule has 0 saturated heterocycles. The first-order valence-electron chi connectivity index (χ1n) is 5.26. The number of unbranched alkanes of at least 4 members (excludes halogenated alkanes) is 1. The van der Waals surface area contributed by atoms with E-state index < -0.39 is 6.04 Å². The third-order valence-electron chi connectivity index (χ3n) is 1.83.